The summed E-state index contributed by atoms with van der Waals surface area (Å²) in [6, 6.07) is 9.65. The van der Waals surface area contributed by atoms with Gasteiger partial charge in [0, 0.05) is 17.3 Å². The van der Waals surface area contributed by atoms with Crippen LogP contribution in [-0.4, -0.2) is 22.2 Å². The summed E-state index contributed by atoms with van der Waals surface area (Å²) in [6.07, 6.45) is -1.49. The van der Waals surface area contributed by atoms with Gasteiger partial charge in [0.2, 0.25) is 0 Å². The number of nitrogens with one attached hydrogen (secondary N) is 1. The highest BCUT2D eigenvalue weighted by molar-refractivity contribution is 6.01. The number of rotatable bonds is 5. The number of anilines is 1. The quantitative estimate of drug-likeness (QED) is 0.675. The number of aromatic nitrogens is 2. The molecule has 0 unspecified atom stereocenters. The average molecular weight is 402 g/mol. The lowest BCUT2D eigenvalue weighted by Gasteiger charge is -2.15. The first kappa shape index (κ1) is 19.0. The van der Waals surface area contributed by atoms with Crippen molar-refractivity contribution in [3.8, 4) is 5.75 Å². The molecule has 2 aromatic heterocycles. The highest BCUT2D eigenvalue weighted by Crippen LogP contribution is 2.44. The zero-order valence-corrected chi connectivity index (χ0v) is 15.2. The molecule has 4 rings (SSSR count). The molecule has 2 heterocycles. The molecule has 6 nitrogen and oxygen atoms in total. The number of nitrogens with two attached hydrogens (primary N) is 1. The summed E-state index contributed by atoms with van der Waals surface area (Å²) >= 11 is 0. The van der Waals surface area contributed by atoms with Gasteiger partial charge >= 0.3 is 6.36 Å². The van der Waals surface area contributed by atoms with Crippen molar-refractivity contribution >= 4 is 22.5 Å². The van der Waals surface area contributed by atoms with Crippen LogP contribution < -0.4 is 15.8 Å². The maximum atomic E-state index is 12.9. The van der Waals surface area contributed by atoms with E-state index >= 15 is 0 Å². The Labute approximate surface area is 163 Å². The Morgan fingerprint density at radius 2 is 2.03 bits per heavy atom. The van der Waals surface area contributed by atoms with Crippen LogP contribution >= 0.6 is 0 Å². The number of hydrogen-bond acceptors (Lipinski definition) is 5. The highest BCUT2D eigenvalue weighted by Gasteiger charge is 2.34. The summed E-state index contributed by atoms with van der Waals surface area (Å²) in [4.78, 5) is 20.7. The number of alkyl halides is 3. The fourth-order valence-corrected chi connectivity index (χ4v) is 3.08. The van der Waals surface area contributed by atoms with E-state index in [4.69, 9.17) is 5.73 Å². The van der Waals surface area contributed by atoms with Gasteiger partial charge in [0.15, 0.2) is 5.75 Å². The lowest BCUT2D eigenvalue weighted by molar-refractivity contribution is -0.274. The lowest BCUT2D eigenvalue weighted by Crippen LogP contribution is -2.24. The van der Waals surface area contributed by atoms with Gasteiger partial charge in [-0.2, -0.15) is 0 Å². The van der Waals surface area contributed by atoms with E-state index in [1.54, 1.807) is 30.5 Å². The number of nitrogen functional groups attached to an aromatic ring is 1. The Kier molecular flexibility index (Phi) is 4.73. The molecule has 1 saturated carbocycles. The molecule has 1 aromatic carbocycles. The molecule has 1 fully saturated rings. The van der Waals surface area contributed by atoms with Crippen molar-refractivity contribution in [2.24, 2.45) is 0 Å². The van der Waals surface area contributed by atoms with Crippen LogP contribution in [0.3, 0.4) is 0 Å². The molecule has 0 saturated heterocycles. The van der Waals surface area contributed by atoms with E-state index in [2.05, 4.69) is 20.0 Å². The second-order valence-corrected chi connectivity index (χ2v) is 6.84. The first-order chi connectivity index (χ1) is 13.8. The van der Waals surface area contributed by atoms with Crippen LogP contribution in [0.1, 0.15) is 40.5 Å². The summed E-state index contributed by atoms with van der Waals surface area (Å²) in [5, 5.41) is 2.96. The van der Waals surface area contributed by atoms with Crippen molar-refractivity contribution in [1.82, 2.24) is 15.3 Å². The molecule has 0 spiro atoms. The maximum absolute atomic E-state index is 12.9. The van der Waals surface area contributed by atoms with Gasteiger partial charge in [0.05, 0.1) is 12.2 Å². The number of fused-ring (bicyclic) bond motifs is 1. The van der Waals surface area contributed by atoms with Crippen LogP contribution in [-0.2, 0) is 6.54 Å². The van der Waals surface area contributed by atoms with Gasteiger partial charge in [0.25, 0.3) is 5.91 Å². The van der Waals surface area contributed by atoms with Gasteiger partial charge in [-0.25, -0.2) is 4.98 Å². The van der Waals surface area contributed by atoms with E-state index in [0.717, 1.165) is 18.4 Å². The third-order valence-corrected chi connectivity index (χ3v) is 4.60. The fourth-order valence-electron chi connectivity index (χ4n) is 3.08. The molecule has 0 bridgehead atoms. The van der Waals surface area contributed by atoms with Crippen LogP contribution in [0.2, 0.25) is 0 Å². The van der Waals surface area contributed by atoms with Gasteiger partial charge in [-0.3, -0.25) is 9.78 Å². The molecule has 29 heavy (non-hydrogen) atoms. The number of benzene rings is 1. The predicted molar refractivity (Wildman–Crippen MR) is 100 cm³/mol. The SMILES string of the molecule is Nc1cc(C(=O)NCc2ccccn2)nc2c(OC(F)(F)F)cc(C3CC3)cc12. The minimum atomic E-state index is -4.89. The number of carbonyl (C=O) groups is 1. The molecular weight excluding hydrogens is 385 g/mol. The third-order valence-electron chi connectivity index (χ3n) is 4.60. The number of halogens is 3. The number of nitrogens with zero attached hydrogens (tertiary/aromatic N) is 2. The molecule has 1 aliphatic rings. The molecule has 9 heteroatoms. The number of hydrogen-bond donors (Lipinski definition) is 2. The monoisotopic (exact) mass is 402 g/mol. The van der Waals surface area contributed by atoms with Crippen molar-refractivity contribution in [3.05, 3.63) is 59.5 Å². The Bertz CT molecular complexity index is 1070. The average Bonchev–Trinajstić information content (AvgIpc) is 3.51. The van der Waals surface area contributed by atoms with Gasteiger partial charge in [-0.1, -0.05) is 6.07 Å². The minimum Gasteiger partial charge on any atom is -0.403 e. The second-order valence-electron chi connectivity index (χ2n) is 6.84. The summed E-state index contributed by atoms with van der Waals surface area (Å²) in [7, 11) is 0. The largest absolute Gasteiger partial charge is 0.573 e. The number of pyridine rings is 2. The van der Waals surface area contributed by atoms with E-state index in [-0.39, 0.29) is 29.4 Å². The zero-order valence-electron chi connectivity index (χ0n) is 15.2. The maximum Gasteiger partial charge on any atom is 0.573 e. The Hall–Kier alpha value is -3.36. The molecule has 1 amide bonds. The van der Waals surface area contributed by atoms with Crippen LogP contribution in [0, 0.1) is 0 Å². The lowest BCUT2D eigenvalue weighted by atomic mass is 10.0. The van der Waals surface area contributed by atoms with E-state index in [1.165, 1.54) is 12.1 Å². The Morgan fingerprint density at radius 1 is 1.24 bits per heavy atom. The molecule has 1 aliphatic carbocycles. The van der Waals surface area contributed by atoms with Crippen LogP contribution in [0.4, 0.5) is 18.9 Å². The molecular formula is C20H17F3N4O2. The zero-order chi connectivity index (χ0) is 20.6. The number of carbonyl (C=O) groups excluding carboxylic acids is 1. The van der Waals surface area contributed by atoms with Gasteiger partial charge in [0.1, 0.15) is 11.2 Å². The van der Waals surface area contributed by atoms with Gasteiger partial charge in [-0.05, 0) is 54.7 Å². The number of amides is 1. The normalized spacial score (nSPS) is 14.0. The molecule has 3 aromatic rings. The van der Waals surface area contributed by atoms with Gasteiger partial charge < -0.3 is 15.8 Å². The summed E-state index contributed by atoms with van der Waals surface area (Å²) in [5.74, 6) is -0.841. The van der Waals surface area contributed by atoms with Gasteiger partial charge in [-0.15, -0.1) is 13.2 Å². The summed E-state index contributed by atoms with van der Waals surface area (Å²) < 4.78 is 42.9. The van der Waals surface area contributed by atoms with Crippen LogP contribution in [0.15, 0.2) is 42.6 Å². The molecule has 0 aliphatic heterocycles. The molecule has 0 atom stereocenters. The summed E-state index contributed by atoms with van der Waals surface area (Å²) in [5.41, 5.74) is 7.36. The van der Waals surface area contributed by atoms with E-state index in [0.29, 0.717) is 11.1 Å². The fraction of sp³-hybridized carbons (Fsp3) is 0.250. The standard InChI is InChI=1S/C20H17F3N4O2/c21-20(22,23)29-17-8-12(11-4-5-11)7-14-15(24)9-16(27-18(14)17)19(28)26-10-13-3-1-2-6-25-13/h1-3,6-9,11H,4-5,10H2,(H2,24,27)(H,26,28). The Balaban J connectivity index is 1.69. The second kappa shape index (κ2) is 7.23. The highest BCUT2D eigenvalue weighted by atomic mass is 19.4. The van der Waals surface area contributed by atoms with E-state index < -0.39 is 18.0 Å². The summed E-state index contributed by atoms with van der Waals surface area (Å²) in [6.45, 7) is 0.145. The van der Waals surface area contributed by atoms with Crippen molar-refractivity contribution in [1.29, 1.82) is 0 Å². The van der Waals surface area contributed by atoms with Crippen molar-refractivity contribution in [2.45, 2.75) is 31.7 Å². The van der Waals surface area contributed by atoms with Crippen LogP contribution in [0.25, 0.3) is 10.9 Å². The number of ether oxygens (including phenoxy) is 1. The smallest absolute Gasteiger partial charge is 0.403 e. The Morgan fingerprint density at radius 3 is 2.69 bits per heavy atom. The topological polar surface area (TPSA) is 90.1 Å². The van der Waals surface area contributed by atoms with Crippen molar-refractivity contribution in [3.63, 3.8) is 0 Å². The van der Waals surface area contributed by atoms with Crippen LogP contribution in [0.5, 0.6) is 5.75 Å². The predicted octanol–water partition coefficient (Wildman–Crippen LogP) is 3.92. The molecule has 3 N–H and O–H groups in total. The molecule has 150 valence electrons. The first-order valence-corrected chi connectivity index (χ1v) is 8.98. The van der Waals surface area contributed by atoms with E-state index in [1.807, 2.05) is 0 Å². The first-order valence-electron chi connectivity index (χ1n) is 8.98. The molecule has 0 radical (unpaired) electrons. The third kappa shape index (κ3) is 4.39. The minimum absolute atomic E-state index is 0.0999. The van der Waals surface area contributed by atoms with E-state index in [9.17, 15) is 18.0 Å². The van der Waals surface area contributed by atoms with Crippen molar-refractivity contribution < 1.29 is 22.7 Å². The van der Waals surface area contributed by atoms with Crippen molar-refractivity contribution in [2.75, 3.05) is 5.73 Å².